The van der Waals surface area contributed by atoms with Gasteiger partial charge in [-0.05, 0) is 13.8 Å². The molecule has 1 aromatic rings. The van der Waals surface area contributed by atoms with Gasteiger partial charge in [0, 0.05) is 21.3 Å². The molecule has 0 amide bonds. The second-order valence-corrected chi connectivity index (χ2v) is 4.76. The molecule has 0 spiro atoms. The molecule has 0 fully saturated rings. The molecule has 0 saturated carbocycles. The molecule has 0 aliphatic rings. The first kappa shape index (κ1) is 16.4. The molecule has 20 heavy (non-hydrogen) atoms. The van der Waals surface area contributed by atoms with Gasteiger partial charge in [0.2, 0.25) is 0 Å². The van der Waals surface area contributed by atoms with Crippen molar-refractivity contribution >= 4 is 0 Å². The molecule has 0 radical (unpaired) electrons. The molecule has 2 atom stereocenters. The third-order valence-corrected chi connectivity index (χ3v) is 3.10. The Hall–Kier alpha value is -1.67. The fourth-order valence-electron chi connectivity index (χ4n) is 2.07. The van der Waals surface area contributed by atoms with Crippen LogP contribution in [0.4, 0.5) is 0 Å². The van der Waals surface area contributed by atoms with Crippen molar-refractivity contribution in [2.75, 3.05) is 27.4 Å². The van der Waals surface area contributed by atoms with E-state index in [9.17, 15) is 14.4 Å². The number of hydrogen-bond donors (Lipinski definition) is 0. The van der Waals surface area contributed by atoms with Crippen LogP contribution in [0, 0.1) is 0 Å². The highest BCUT2D eigenvalue weighted by molar-refractivity contribution is 4.83. The lowest BCUT2D eigenvalue weighted by molar-refractivity contribution is 0.144. The van der Waals surface area contributed by atoms with Crippen molar-refractivity contribution in [3.63, 3.8) is 0 Å². The Kier molecular flexibility index (Phi) is 5.46. The topological polar surface area (TPSA) is 84.5 Å². The second kappa shape index (κ2) is 6.67. The highest BCUT2D eigenvalue weighted by Gasteiger charge is 2.20. The molecular weight excluding hydrogens is 266 g/mol. The van der Waals surface area contributed by atoms with Crippen LogP contribution >= 0.6 is 0 Å². The van der Waals surface area contributed by atoms with Gasteiger partial charge in [0.05, 0.1) is 25.3 Å². The normalized spacial score (nSPS) is 14.2. The maximum Gasteiger partial charge on any atom is 0.336 e. The lowest BCUT2D eigenvalue weighted by Gasteiger charge is -2.19. The summed E-state index contributed by atoms with van der Waals surface area (Å²) in [6, 6.07) is -0.930. The highest BCUT2D eigenvalue weighted by atomic mass is 16.5. The zero-order valence-electron chi connectivity index (χ0n) is 12.5. The number of aromatic nitrogens is 3. The van der Waals surface area contributed by atoms with Gasteiger partial charge in [0.1, 0.15) is 0 Å². The summed E-state index contributed by atoms with van der Waals surface area (Å²) in [5.74, 6) is 0. The summed E-state index contributed by atoms with van der Waals surface area (Å²) in [4.78, 5) is 36.6. The van der Waals surface area contributed by atoms with E-state index in [-0.39, 0.29) is 13.2 Å². The Labute approximate surface area is 116 Å². The van der Waals surface area contributed by atoms with Crippen LogP contribution in [0.1, 0.15) is 25.9 Å². The Morgan fingerprint density at radius 3 is 1.50 bits per heavy atom. The minimum atomic E-state index is -0.648. The van der Waals surface area contributed by atoms with Gasteiger partial charge in [-0.3, -0.25) is 0 Å². The summed E-state index contributed by atoms with van der Waals surface area (Å²) in [7, 11) is 4.31. The van der Waals surface area contributed by atoms with Crippen molar-refractivity contribution in [1.29, 1.82) is 0 Å². The van der Waals surface area contributed by atoms with E-state index in [2.05, 4.69) is 0 Å². The van der Waals surface area contributed by atoms with E-state index >= 15 is 0 Å². The van der Waals surface area contributed by atoms with E-state index in [1.165, 1.54) is 21.3 Å². The molecule has 0 aliphatic carbocycles. The van der Waals surface area contributed by atoms with Crippen molar-refractivity contribution < 1.29 is 9.47 Å². The lowest BCUT2D eigenvalue weighted by atomic mass is 10.3. The molecule has 1 heterocycles. The van der Waals surface area contributed by atoms with Gasteiger partial charge in [-0.1, -0.05) is 0 Å². The van der Waals surface area contributed by atoms with E-state index < -0.39 is 29.2 Å². The second-order valence-electron chi connectivity index (χ2n) is 4.76. The minimum Gasteiger partial charge on any atom is -0.383 e. The molecule has 0 aromatic carbocycles. The largest absolute Gasteiger partial charge is 0.383 e. The van der Waals surface area contributed by atoms with Gasteiger partial charge in [-0.25, -0.2) is 28.1 Å². The van der Waals surface area contributed by atoms with Gasteiger partial charge in [-0.2, -0.15) is 0 Å². The minimum absolute atomic E-state index is 0.200. The van der Waals surface area contributed by atoms with E-state index in [1.807, 2.05) is 0 Å². The number of ether oxygens (including phenoxy) is 2. The van der Waals surface area contributed by atoms with Crippen LogP contribution in [0.3, 0.4) is 0 Å². The van der Waals surface area contributed by atoms with Crippen molar-refractivity contribution in [3.05, 3.63) is 31.5 Å². The molecule has 2 unspecified atom stereocenters. The predicted molar refractivity (Wildman–Crippen MR) is 73.4 cm³/mol. The van der Waals surface area contributed by atoms with Gasteiger partial charge in [0.25, 0.3) is 0 Å². The SMILES string of the molecule is COCC(C)n1c(=O)n(C)c(=O)n(C(C)COC)c1=O. The van der Waals surface area contributed by atoms with Crippen LogP contribution in [0.5, 0.6) is 0 Å². The predicted octanol–water partition coefficient (Wildman–Crippen LogP) is -0.876. The highest BCUT2D eigenvalue weighted by Crippen LogP contribution is 2.01. The van der Waals surface area contributed by atoms with E-state index in [0.717, 1.165) is 13.7 Å². The quantitative estimate of drug-likeness (QED) is 0.678. The van der Waals surface area contributed by atoms with Crippen molar-refractivity contribution in [2.45, 2.75) is 25.9 Å². The van der Waals surface area contributed by atoms with Crippen molar-refractivity contribution in [2.24, 2.45) is 7.05 Å². The van der Waals surface area contributed by atoms with Crippen LogP contribution in [0.15, 0.2) is 14.4 Å². The molecule has 8 nitrogen and oxygen atoms in total. The molecule has 8 heteroatoms. The first-order chi connectivity index (χ1) is 9.36. The molecule has 0 saturated heterocycles. The van der Waals surface area contributed by atoms with Crippen molar-refractivity contribution in [1.82, 2.24) is 13.7 Å². The Morgan fingerprint density at radius 2 is 1.20 bits per heavy atom. The molecule has 0 bridgehead atoms. The first-order valence-electron chi connectivity index (χ1n) is 6.28. The fourth-order valence-corrected chi connectivity index (χ4v) is 2.07. The monoisotopic (exact) mass is 287 g/mol. The smallest absolute Gasteiger partial charge is 0.336 e. The summed E-state index contributed by atoms with van der Waals surface area (Å²) < 4.78 is 12.9. The van der Waals surface area contributed by atoms with Crippen LogP contribution < -0.4 is 17.1 Å². The van der Waals surface area contributed by atoms with E-state index in [1.54, 1.807) is 13.8 Å². The average Bonchev–Trinajstić information content (AvgIpc) is 2.37. The first-order valence-corrected chi connectivity index (χ1v) is 6.28. The van der Waals surface area contributed by atoms with Crippen LogP contribution in [-0.4, -0.2) is 41.1 Å². The Morgan fingerprint density at radius 1 is 0.850 bits per heavy atom. The van der Waals surface area contributed by atoms with Gasteiger partial charge < -0.3 is 9.47 Å². The summed E-state index contributed by atoms with van der Waals surface area (Å²) in [6.45, 7) is 3.77. The van der Waals surface area contributed by atoms with E-state index in [4.69, 9.17) is 9.47 Å². The Bertz CT molecular complexity index is 577. The number of methoxy groups -OCH3 is 2. The molecular formula is C12H21N3O5. The zero-order valence-corrected chi connectivity index (χ0v) is 12.5. The molecule has 0 aliphatic heterocycles. The van der Waals surface area contributed by atoms with Crippen LogP contribution in [0.2, 0.25) is 0 Å². The molecule has 1 rings (SSSR count). The number of hydrogen-bond acceptors (Lipinski definition) is 5. The third-order valence-electron chi connectivity index (χ3n) is 3.10. The average molecular weight is 287 g/mol. The number of rotatable bonds is 6. The fraction of sp³-hybridized carbons (Fsp3) is 0.750. The maximum absolute atomic E-state index is 12.4. The molecule has 1 aromatic heterocycles. The molecule has 0 N–H and O–H groups in total. The molecule has 114 valence electrons. The van der Waals surface area contributed by atoms with Gasteiger partial charge in [-0.15, -0.1) is 0 Å². The van der Waals surface area contributed by atoms with E-state index in [0.29, 0.717) is 0 Å². The van der Waals surface area contributed by atoms with Crippen LogP contribution in [-0.2, 0) is 16.5 Å². The van der Waals surface area contributed by atoms with Crippen LogP contribution in [0.25, 0.3) is 0 Å². The Balaban J connectivity index is 3.60. The standard InChI is InChI=1S/C12H21N3O5/c1-8(6-19-4)14-10(16)13(3)11(17)15(12(14)18)9(2)7-20-5/h8-9H,6-7H2,1-5H3. The summed E-state index contributed by atoms with van der Waals surface area (Å²) in [5, 5.41) is 0. The number of nitrogens with zero attached hydrogens (tertiary/aromatic N) is 3. The maximum atomic E-state index is 12.4. The van der Waals surface area contributed by atoms with Gasteiger partial charge in [0.15, 0.2) is 0 Å². The zero-order chi connectivity index (χ0) is 15.4. The summed E-state index contributed by atoms with van der Waals surface area (Å²) >= 11 is 0. The summed E-state index contributed by atoms with van der Waals surface area (Å²) in [6.07, 6.45) is 0. The van der Waals surface area contributed by atoms with Gasteiger partial charge >= 0.3 is 17.1 Å². The lowest BCUT2D eigenvalue weighted by Crippen LogP contribution is -2.56. The van der Waals surface area contributed by atoms with Crippen molar-refractivity contribution in [3.8, 4) is 0 Å². The third kappa shape index (κ3) is 2.91. The summed E-state index contributed by atoms with van der Waals surface area (Å²) in [5.41, 5.74) is -1.94.